The van der Waals surface area contributed by atoms with Gasteiger partial charge in [0.05, 0.1) is 12.6 Å². The molecule has 0 radical (unpaired) electrons. The molecule has 2 atom stereocenters. The molecule has 1 saturated heterocycles. The van der Waals surface area contributed by atoms with Crippen molar-refractivity contribution in [2.45, 2.75) is 45.1 Å². The largest absolute Gasteiger partial charge is 0.490 e. The van der Waals surface area contributed by atoms with Gasteiger partial charge in [-0.25, -0.2) is 4.39 Å². The number of halogens is 1. The van der Waals surface area contributed by atoms with Crippen molar-refractivity contribution in [3.63, 3.8) is 0 Å². The van der Waals surface area contributed by atoms with Crippen molar-refractivity contribution in [3.8, 4) is 5.75 Å². The van der Waals surface area contributed by atoms with Crippen LogP contribution >= 0.6 is 0 Å². The number of carbonyl (C=O) groups excluding carboxylic acids is 1. The Morgan fingerprint density at radius 1 is 1.40 bits per heavy atom. The standard InChI is InChI=1S/C20H27FN2O2/c1-13(23-19(24)16-11-20(16)6-8-22-9-7-20)15-4-5-18(17(21)10-15)25-12-14-2-3-14/h4-5,10,13-14,16,22H,2-3,6-9,11-12H2,1H3,(H,23,24). The van der Waals surface area contributed by atoms with E-state index in [1.54, 1.807) is 6.07 Å². The zero-order valence-electron chi connectivity index (χ0n) is 14.8. The van der Waals surface area contributed by atoms with E-state index in [4.69, 9.17) is 4.74 Å². The van der Waals surface area contributed by atoms with Crippen molar-refractivity contribution in [3.05, 3.63) is 29.6 Å². The molecule has 1 spiro atoms. The number of carbonyl (C=O) groups is 1. The van der Waals surface area contributed by atoms with E-state index >= 15 is 0 Å². The van der Waals surface area contributed by atoms with Crippen molar-refractivity contribution in [2.75, 3.05) is 19.7 Å². The maximum atomic E-state index is 14.2. The van der Waals surface area contributed by atoms with Crippen LogP contribution in [-0.2, 0) is 4.79 Å². The molecule has 2 saturated carbocycles. The average Bonchev–Trinajstić information content (AvgIpc) is 3.52. The van der Waals surface area contributed by atoms with Crippen LogP contribution in [0.5, 0.6) is 5.75 Å². The summed E-state index contributed by atoms with van der Waals surface area (Å²) in [6, 6.07) is 4.82. The molecule has 5 heteroatoms. The van der Waals surface area contributed by atoms with Crippen LogP contribution in [0.2, 0.25) is 0 Å². The third kappa shape index (κ3) is 3.66. The zero-order valence-corrected chi connectivity index (χ0v) is 14.8. The van der Waals surface area contributed by atoms with Gasteiger partial charge in [0.25, 0.3) is 0 Å². The molecule has 2 unspecified atom stereocenters. The quantitative estimate of drug-likeness (QED) is 0.832. The molecular weight excluding hydrogens is 319 g/mol. The summed E-state index contributed by atoms with van der Waals surface area (Å²) in [7, 11) is 0. The van der Waals surface area contributed by atoms with E-state index in [0.29, 0.717) is 18.3 Å². The van der Waals surface area contributed by atoms with Gasteiger partial charge in [0, 0.05) is 5.92 Å². The maximum absolute atomic E-state index is 14.2. The van der Waals surface area contributed by atoms with Gasteiger partial charge < -0.3 is 15.4 Å². The summed E-state index contributed by atoms with van der Waals surface area (Å²) in [5, 5.41) is 6.42. The highest BCUT2D eigenvalue weighted by Gasteiger charge is 2.57. The topological polar surface area (TPSA) is 50.4 Å². The maximum Gasteiger partial charge on any atom is 0.224 e. The van der Waals surface area contributed by atoms with E-state index in [-0.39, 0.29) is 29.1 Å². The molecule has 1 heterocycles. The lowest BCUT2D eigenvalue weighted by molar-refractivity contribution is -0.123. The Labute approximate surface area is 148 Å². The van der Waals surface area contributed by atoms with Crippen LogP contribution in [0.15, 0.2) is 18.2 Å². The molecule has 1 aromatic carbocycles. The summed E-state index contributed by atoms with van der Waals surface area (Å²) in [6.45, 7) is 4.52. The van der Waals surface area contributed by atoms with Gasteiger partial charge in [0.1, 0.15) is 0 Å². The van der Waals surface area contributed by atoms with Crippen LogP contribution in [0.3, 0.4) is 0 Å². The minimum atomic E-state index is -0.347. The Balaban J connectivity index is 1.33. The molecule has 2 aliphatic carbocycles. The zero-order chi connectivity index (χ0) is 17.4. The fourth-order valence-electron chi connectivity index (χ4n) is 3.99. The highest BCUT2D eigenvalue weighted by atomic mass is 19.1. The first-order valence-electron chi connectivity index (χ1n) is 9.51. The first-order chi connectivity index (χ1) is 12.1. The van der Waals surface area contributed by atoms with Gasteiger partial charge in [-0.15, -0.1) is 0 Å². The van der Waals surface area contributed by atoms with Crippen LogP contribution in [0, 0.1) is 23.1 Å². The number of benzene rings is 1. The molecule has 4 rings (SSSR count). The Morgan fingerprint density at radius 2 is 2.16 bits per heavy atom. The fraction of sp³-hybridized carbons (Fsp3) is 0.650. The van der Waals surface area contributed by atoms with E-state index in [2.05, 4.69) is 10.6 Å². The molecule has 4 nitrogen and oxygen atoms in total. The normalized spacial score (nSPS) is 25.4. The van der Waals surface area contributed by atoms with E-state index in [1.165, 1.54) is 18.9 Å². The van der Waals surface area contributed by atoms with Gasteiger partial charge in [-0.3, -0.25) is 4.79 Å². The smallest absolute Gasteiger partial charge is 0.224 e. The third-order valence-electron chi connectivity index (χ3n) is 6.09. The lowest BCUT2D eigenvalue weighted by Gasteiger charge is -2.24. The van der Waals surface area contributed by atoms with Crippen molar-refractivity contribution in [1.29, 1.82) is 0 Å². The predicted octanol–water partition coefficient (Wildman–Crippen LogP) is 3.18. The molecule has 25 heavy (non-hydrogen) atoms. The summed E-state index contributed by atoms with van der Waals surface area (Å²) in [6.07, 6.45) is 5.53. The molecular formula is C20H27FN2O2. The second-order valence-electron chi connectivity index (χ2n) is 8.04. The van der Waals surface area contributed by atoms with Gasteiger partial charge in [-0.2, -0.15) is 0 Å². The van der Waals surface area contributed by atoms with Gasteiger partial charge in [-0.05, 0) is 81.1 Å². The molecule has 1 aliphatic heterocycles. The minimum Gasteiger partial charge on any atom is -0.490 e. The molecule has 2 N–H and O–H groups in total. The molecule has 0 aromatic heterocycles. The van der Waals surface area contributed by atoms with Gasteiger partial charge in [-0.1, -0.05) is 6.07 Å². The number of hydrogen-bond donors (Lipinski definition) is 2. The van der Waals surface area contributed by atoms with Crippen LogP contribution in [0.1, 0.15) is 50.6 Å². The van der Waals surface area contributed by atoms with Crippen LogP contribution < -0.4 is 15.4 Å². The summed E-state index contributed by atoms with van der Waals surface area (Å²) in [4.78, 5) is 12.5. The summed E-state index contributed by atoms with van der Waals surface area (Å²) in [5.41, 5.74) is 1.01. The first-order valence-corrected chi connectivity index (χ1v) is 9.51. The van der Waals surface area contributed by atoms with Crippen LogP contribution in [-0.4, -0.2) is 25.6 Å². The first kappa shape index (κ1) is 16.8. The van der Waals surface area contributed by atoms with E-state index < -0.39 is 0 Å². The lowest BCUT2D eigenvalue weighted by atomic mass is 9.91. The number of hydrogen-bond acceptors (Lipinski definition) is 3. The van der Waals surface area contributed by atoms with Crippen molar-refractivity contribution >= 4 is 5.91 Å². The van der Waals surface area contributed by atoms with Crippen molar-refractivity contribution in [2.24, 2.45) is 17.3 Å². The highest BCUT2D eigenvalue weighted by molar-refractivity contribution is 5.83. The number of ether oxygens (including phenoxy) is 1. The van der Waals surface area contributed by atoms with E-state index in [9.17, 15) is 9.18 Å². The van der Waals surface area contributed by atoms with E-state index in [0.717, 1.165) is 37.9 Å². The van der Waals surface area contributed by atoms with Gasteiger partial charge in [0.2, 0.25) is 5.91 Å². The second-order valence-corrected chi connectivity index (χ2v) is 8.04. The van der Waals surface area contributed by atoms with Crippen LogP contribution in [0.4, 0.5) is 4.39 Å². The SMILES string of the molecule is CC(NC(=O)C1CC12CCNCC2)c1ccc(OCC2CC2)c(F)c1. The summed E-state index contributed by atoms with van der Waals surface area (Å²) < 4.78 is 19.8. The molecule has 3 aliphatic rings. The number of nitrogens with one attached hydrogen (secondary N) is 2. The Bertz CT molecular complexity index is 653. The van der Waals surface area contributed by atoms with Crippen molar-refractivity contribution < 1.29 is 13.9 Å². The Morgan fingerprint density at radius 3 is 2.84 bits per heavy atom. The Kier molecular flexibility index (Phi) is 4.44. The minimum absolute atomic E-state index is 0.115. The lowest BCUT2D eigenvalue weighted by Crippen LogP contribution is -2.34. The van der Waals surface area contributed by atoms with E-state index in [1.807, 2.05) is 13.0 Å². The van der Waals surface area contributed by atoms with Crippen LogP contribution in [0.25, 0.3) is 0 Å². The number of piperidine rings is 1. The Hall–Kier alpha value is -1.62. The molecule has 3 fully saturated rings. The van der Waals surface area contributed by atoms with Gasteiger partial charge >= 0.3 is 0 Å². The summed E-state index contributed by atoms with van der Waals surface area (Å²) >= 11 is 0. The molecule has 1 amide bonds. The highest BCUT2D eigenvalue weighted by Crippen LogP contribution is 2.58. The number of amides is 1. The monoisotopic (exact) mass is 346 g/mol. The molecule has 0 bridgehead atoms. The van der Waals surface area contributed by atoms with Crippen molar-refractivity contribution in [1.82, 2.24) is 10.6 Å². The average molecular weight is 346 g/mol. The second kappa shape index (κ2) is 6.60. The summed E-state index contributed by atoms with van der Waals surface area (Å²) in [5.74, 6) is 0.801. The fourth-order valence-corrected chi connectivity index (χ4v) is 3.99. The molecule has 1 aromatic rings. The third-order valence-corrected chi connectivity index (χ3v) is 6.09. The van der Waals surface area contributed by atoms with Gasteiger partial charge in [0.15, 0.2) is 11.6 Å². The molecule has 136 valence electrons. The number of rotatable bonds is 6. The predicted molar refractivity (Wildman–Crippen MR) is 93.8 cm³/mol.